The lowest BCUT2D eigenvalue weighted by atomic mass is 9.91. The quantitative estimate of drug-likeness (QED) is 0.769. The third-order valence-corrected chi connectivity index (χ3v) is 6.10. The lowest BCUT2D eigenvalue weighted by molar-refractivity contribution is -0.139. The molecule has 0 bridgehead atoms. The summed E-state index contributed by atoms with van der Waals surface area (Å²) in [5.41, 5.74) is 5.35. The molecule has 1 heterocycles. The average Bonchev–Trinajstić information content (AvgIpc) is 2.78. The van der Waals surface area contributed by atoms with Crippen molar-refractivity contribution in [3.05, 3.63) is 0 Å². The third kappa shape index (κ3) is 3.95. The Labute approximate surface area is 122 Å². The standard InChI is InChI=1S/C14H28N2O3S/c1-4-7-9-16(12-8-10-20(18,19)11-12)13(17)14(15,5-2)6-3/h12H,4-11,15H2,1-3H3. The molecule has 0 saturated carbocycles. The molecule has 1 atom stereocenters. The van der Waals surface area contributed by atoms with Crippen molar-refractivity contribution in [2.24, 2.45) is 5.73 Å². The minimum absolute atomic E-state index is 0.0851. The maximum atomic E-state index is 12.7. The fourth-order valence-corrected chi connectivity index (χ4v) is 4.37. The molecule has 0 spiro atoms. The molecule has 6 heteroatoms. The molecule has 1 rings (SSSR count). The molecule has 20 heavy (non-hydrogen) atoms. The van der Waals surface area contributed by atoms with Gasteiger partial charge in [0.2, 0.25) is 5.91 Å². The number of hydrogen-bond acceptors (Lipinski definition) is 4. The Balaban J connectivity index is 2.92. The molecule has 118 valence electrons. The van der Waals surface area contributed by atoms with Crippen molar-refractivity contribution < 1.29 is 13.2 Å². The fraction of sp³-hybridized carbons (Fsp3) is 0.929. The number of carbonyl (C=O) groups is 1. The Morgan fingerprint density at radius 2 is 1.90 bits per heavy atom. The summed E-state index contributed by atoms with van der Waals surface area (Å²) in [7, 11) is -2.99. The summed E-state index contributed by atoms with van der Waals surface area (Å²) in [6.07, 6.45) is 3.54. The number of nitrogens with zero attached hydrogens (tertiary/aromatic N) is 1. The van der Waals surface area contributed by atoms with Crippen LogP contribution in [0.4, 0.5) is 0 Å². The van der Waals surface area contributed by atoms with Crippen molar-refractivity contribution in [1.82, 2.24) is 4.90 Å². The monoisotopic (exact) mass is 304 g/mol. The predicted octanol–water partition coefficient (Wildman–Crippen LogP) is 1.32. The molecule has 2 N–H and O–H groups in total. The van der Waals surface area contributed by atoms with Gasteiger partial charge in [-0.1, -0.05) is 27.2 Å². The zero-order valence-corrected chi connectivity index (χ0v) is 13.7. The number of amides is 1. The summed E-state index contributed by atoms with van der Waals surface area (Å²) in [6, 6.07) is -0.194. The largest absolute Gasteiger partial charge is 0.337 e. The maximum Gasteiger partial charge on any atom is 0.242 e. The molecular weight excluding hydrogens is 276 g/mol. The molecule has 0 aromatic rings. The van der Waals surface area contributed by atoms with Crippen molar-refractivity contribution in [2.45, 2.75) is 64.5 Å². The van der Waals surface area contributed by atoms with Crippen LogP contribution in [0.1, 0.15) is 52.9 Å². The second-order valence-electron chi connectivity index (χ2n) is 5.77. The van der Waals surface area contributed by atoms with Crippen LogP contribution in [0.2, 0.25) is 0 Å². The van der Waals surface area contributed by atoms with Gasteiger partial charge in [-0.25, -0.2) is 8.42 Å². The summed E-state index contributed by atoms with van der Waals surface area (Å²) in [5.74, 6) is 0.188. The average molecular weight is 304 g/mol. The van der Waals surface area contributed by atoms with Crippen LogP contribution < -0.4 is 5.73 Å². The van der Waals surface area contributed by atoms with Gasteiger partial charge >= 0.3 is 0 Å². The number of rotatable bonds is 7. The van der Waals surface area contributed by atoms with Gasteiger partial charge in [-0.15, -0.1) is 0 Å². The molecular formula is C14H28N2O3S. The molecule has 1 saturated heterocycles. The van der Waals surface area contributed by atoms with E-state index in [2.05, 4.69) is 6.92 Å². The summed E-state index contributed by atoms with van der Waals surface area (Å²) < 4.78 is 23.3. The number of unbranched alkanes of at least 4 members (excludes halogenated alkanes) is 1. The number of hydrogen-bond donors (Lipinski definition) is 1. The molecule has 5 nitrogen and oxygen atoms in total. The van der Waals surface area contributed by atoms with Crippen LogP contribution >= 0.6 is 0 Å². The van der Waals surface area contributed by atoms with Crippen molar-refractivity contribution in [3.63, 3.8) is 0 Å². The van der Waals surface area contributed by atoms with Gasteiger partial charge in [0.25, 0.3) is 0 Å². The van der Waals surface area contributed by atoms with Crippen molar-refractivity contribution in [3.8, 4) is 0 Å². The number of carbonyl (C=O) groups excluding carboxylic acids is 1. The lowest BCUT2D eigenvalue weighted by Crippen LogP contribution is -2.57. The van der Waals surface area contributed by atoms with Crippen LogP contribution in [0.15, 0.2) is 0 Å². The van der Waals surface area contributed by atoms with Gasteiger partial charge in [0, 0.05) is 12.6 Å². The van der Waals surface area contributed by atoms with E-state index in [0.717, 1.165) is 12.8 Å². The normalized spacial score (nSPS) is 21.9. The maximum absolute atomic E-state index is 12.7. The van der Waals surface area contributed by atoms with Crippen molar-refractivity contribution in [1.29, 1.82) is 0 Å². The lowest BCUT2D eigenvalue weighted by Gasteiger charge is -2.36. The second-order valence-corrected chi connectivity index (χ2v) is 8.00. The molecule has 0 aromatic carbocycles. The number of sulfone groups is 1. The van der Waals surface area contributed by atoms with Crippen LogP contribution in [0.25, 0.3) is 0 Å². The van der Waals surface area contributed by atoms with E-state index in [1.54, 1.807) is 4.90 Å². The minimum Gasteiger partial charge on any atom is -0.337 e. The van der Waals surface area contributed by atoms with Crippen LogP contribution in [-0.2, 0) is 14.6 Å². The SMILES string of the molecule is CCCCN(C(=O)C(N)(CC)CC)C1CCS(=O)(=O)C1. The van der Waals surface area contributed by atoms with Crippen molar-refractivity contribution >= 4 is 15.7 Å². The summed E-state index contributed by atoms with van der Waals surface area (Å²) in [5, 5.41) is 0. The van der Waals surface area contributed by atoms with Gasteiger partial charge in [0.15, 0.2) is 9.84 Å². The van der Waals surface area contributed by atoms with Gasteiger partial charge in [-0.3, -0.25) is 4.79 Å². The highest BCUT2D eigenvalue weighted by Crippen LogP contribution is 2.23. The zero-order chi connectivity index (χ0) is 15.4. The van der Waals surface area contributed by atoms with Gasteiger partial charge < -0.3 is 10.6 Å². The fourth-order valence-electron chi connectivity index (χ4n) is 2.64. The van der Waals surface area contributed by atoms with E-state index in [9.17, 15) is 13.2 Å². The van der Waals surface area contributed by atoms with Crippen LogP contribution in [0.5, 0.6) is 0 Å². The Morgan fingerprint density at radius 1 is 1.30 bits per heavy atom. The van der Waals surface area contributed by atoms with E-state index < -0.39 is 15.4 Å². The highest BCUT2D eigenvalue weighted by atomic mass is 32.2. The molecule has 1 unspecified atom stereocenters. The highest BCUT2D eigenvalue weighted by molar-refractivity contribution is 7.91. The third-order valence-electron chi connectivity index (χ3n) is 4.35. The van der Waals surface area contributed by atoms with E-state index in [1.165, 1.54) is 0 Å². The first-order valence-corrected chi connectivity index (χ1v) is 9.42. The minimum atomic E-state index is -2.99. The Hall–Kier alpha value is -0.620. The summed E-state index contributed by atoms with van der Waals surface area (Å²) >= 11 is 0. The zero-order valence-electron chi connectivity index (χ0n) is 12.9. The summed E-state index contributed by atoms with van der Waals surface area (Å²) in [4.78, 5) is 14.5. The van der Waals surface area contributed by atoms with E-state index in [4.69, 9.17) is 5.73 Å². The predicted molar refractivity (Wildman–Crippen MR) is 81.2 cm³/mol. The Bertz CT molecular complexity index is 430. The smallest absolute Gasteiger partial charge is 0.242 e. The summed E-state index contributed by atoms with van der Waals surface area (Å²) in [6.45, 7) is 6.48. The van der Waals surface area contributed by atoms with Gasteiger partial charge in [-0.05, 0) is 25.7 Å². The van der Waals surface area contributed by atoms with Gasteiger partial charge in [-0.2, -0.15) is 0 Å². The Kier molecular flexibility index (Phi) is 6.01. The first-order chi connectivity index (χ1) is 9.29. The molecule has 1 amide bonds. The van der Waals surface area contributed by atoms with Gasteiger partial charge in [0.05, 0.1) is 17.0 Å². The molecule has 0 radical (unpaired) electrons. The van der Waals surface area contributed by atoms with E-state index >= 15 is 0 Å². The number of nitrogens with two attached hydrogens (primary N) is 1. The van der Waals surface area contributed by atoms with Gasteiger partial charge in [0.1, 0.15) is 0 Å². The molecule has 1 aliphatic rings. The van der Waals surface area contributed by atoms with E-state index in [-0.39, 0.29) is 23.5 Å². The van der Waals surface area contributed by atoms with Crippen LogP contribution in [-0.4, -0.2) is 48.9 Å². The first-order valence-electron chi connectivity index (χ1n) is 7.60. The highest BCUT2D eigenvalue weighted by Gasteiger charge is 2.40. The molecule has 1 fully saturated rings. The molecule has 0 aromatic heterocycles. The van der Waals surface area contributed by atoms with Crippen LogP contribution in [0.3, 0.4) is 0 Å². The van der Waals surface area contributed by atoms with Crippen LogP contribution in [0, 0.1) is 0 Å². The first kappa shape index (κ1) is 17.4. The van der Waals surface area contributed by atoms with E-state index in [0.29, 0.717) is 25.8 Å². The molecule has 1 aliphatic heterocycles. The van der Waals surface area contributed by atoms with Crippen molar-refractivity contribution in [2.75, 3.05) is 18.1 Å². The second kappa shape index (κ2) is 6.89. The molecule has 0 aliphatic carbocycles. The Morgan fingerprint density at radius 3 is 2.30 bits per heavy atom. The topological polar surface area (TPSA) is 80.5 Å². The van der Waals surface area contributed by atoms with E-state index in [1.807, 2.05) is 13.8 Å².